The van der Waals surface area contributed by atoms with E-state index in [9.17, 15) is 4.79 Å². The van der Waals surface area contributed by atoms with Gasteiger partial charge < -0.3 is 5.32 Å². The Kier molecular flexibility index (Phi) is 3.89. The van der Waals surface area contributed by atoms with E-state index in [1.165, 1.54) is 0 Å². The van der Waals surface area contributed by atoms with Gasteiger partial charge >= 0.3 is 0 Å². The summed E-state index contributed by atoms with van der Waals surface area (Å²) in [5, 5.41) is 11.0. The lowest BCUT2D eigenvalue weighted by atomic mass is 10.2. The number of amides is 1. The van der Waals surface area contributed by atoms with Crippen molar-refractivity contribution in [2.45, 2.75) is 0 Å². The van der Waals surface area contributed by atoms with Gasteiger partial charge in [-0.1, -0.05) is 57.3 Å². The lowest BCUT2D eigenvalue weighted by Gasteiger charge is -2.09. The molecule has 0 aliphatic heterocycles. The van der Waals surface area contributed by atoms with Crippen molar-refractivity contribution in [2.75, 3.05) is 5.32 Å². The maximum absolute atomic E-state index is 12.4. The van der Waals surface area contributed by atoms with Crippen LogP contribution < -0.4 is 5.32 Å². The van der Waals surface area contributed by atoms with E-state index in [-0.39, 0.29) is 5.91 Å². The molecule has 21 heavy (non-hydrogen) atoms. The number of hydrogen-bond donors (Lipinski definition) is 2. The van der Waals surface area contributed by atoms with E-state index in [1.54, 1.807) is 12.1 Å². The maximum Gasteiger partial charge on any atom is 0.276 e. The zero-order valence-corrected chi connectivity index (χ0v) is 13.6. The molecule has 7 heteroatoms. The maximum atomic E-state index is 12.4. The summed E-state index contributed by atoms with van der Waals surface area (Å²) in [6.07, 6.45) is 0. The average molecular weight is 385 g/mol. The second-order valence-corrected chi connectivity index (χ2v) is 6.05. The molecule has 0 radical (unpaired) electrons. The third kappa shape index (κ3) is 2.77. The molecule has 0 bridgehead atoms. The highest BCUT2D eigenvalue weighted by molar-refractivity contribution is 9.10. The number of halogens is 3. The van der Waals surface area contributed by atoms with E-state index < -0.39 is 0 Å². The van der Waals surface area contributed by atoms with Gasteiger partial charge in [-0.2, -0.15) is 5.10 Å². The van der Waals surface area contributed by atoms with E-state index in [1.807, 2.05) is 24.3 Å². The summed E-state index contributed by atoms with van der Waals surface area (Å²) in [4.78, 5) is 12.4. The van der Waals surface area contributed by atoms with Crippen LogP contribution in [0.5, 0.6) is 0 Å². The van der Waals surface area contributed by atoms with Gasteiger partial charge in [0.15, 0.2) is 5.69 Å². The molecule has 0 saturated heterocycles. The standard InChI is InChI=1S/C14H8BrCl2N3O/c15-7-5-9(16)13(10(17)6-7)18-14(21)12-8-3-1-2-4-11(8)19-20-12/h1-6H,(H,18,21)(H,19,20). The quantitative estimate of drug-likeness (QED) is 0.661. The molecule has 2 aromatic carbocycles. The Morgan fingerprint density at radius 3 is 2.57 bits per heavy atom. The Morgan fingerprint density at radius 2 is 1.86 bits per heavy atom. The highest BCUT2D eigenvalue weighted by Gasteiger charge is 2.17. The number of carbonyl (C=O) groups excluding carboxylic acids is 1. The summed E-state index contributed by atoms with van der Waals surface area (Å²) in [6.45, 7) is 0. The summed E-state index contributed by atoms with van der Waals surface area (Å²) >= 11 is 15.5. The summed E-state index contributed by atoms with van der Waals surface area (Å²) in [5.74, 6) is -0.376. The number of nitrogens with zero attached hydrogens (tertiary/aromatic N) is 1. The monoisotopic (exact) mass is 383 g/mol. The van der Waals surface area contributed by atoms with Gasteiger partial charge in [0.2, 0.25) is 0 Å². The van der Waals surface area contributed by atoms with E-state index in [0.29, 0.717) is 21.4 Å². The molecular weight excluding hydrogens is 377 g/mol. The SMILES string of the molecule is O=C(Nc1c(Cl)cc(Br)cc1Cl)c1n[nH]c2ccccc12. The van der Waals surface area contributed by atoms with Gasteiger partial charge in [0, 0.05) is 9.86 Å². The molecule has 1 amide bonds. The Bertz CT molecular complexity index is 824. The lowest BCUT2D eigenvalue weighted by Crippen LogP contribution is -2.13. The molecule has 0 unspecified atom stereocenters. The number of nitrogens with one attached hydrogen (secondary N) is 2. The molecule has 1 heterocycles. The first-order valence-electron chi connectivity index (χ1n) is 5.95. The number of fused-ring (bicyclic) bond motifs is 1. The molecule has 0 aliphatic carbocycles. The highest BCUT2D eigenvalue weighted by Crippen LogP contribution is 2.34. The Labute approximate surface area is 138 Å². The van der Waals surface area contributed by atoms with Crippen molar-refractivity contribution in [3.8, 4) is 0 Å². The van der Waals surface area contributed by atoms with Gasteiger partial charge in [0.1, 0.15) is 0 Å². The van der Waals surface area contributed by atoms with E-state index in [4.69, 9.17) is 23.2 Å². The fraction of sp³-hybridized carbons (Fsp3) is 0. The number of benzene rings is 2. The average Bonchev–Trinajstić information content (AvgIpc) is 2.86. The van der Waals surface area contributed by atoms with Gasteiger partial charge in [0.25, 0.3) is 5.91 Å². The van der Waals surface area contributed by atoms with Crippen LogP contribution in [0, 0.1) is 0 Å². The summed E-state index contributed by atoms with van der Waals surface area (Å²) < 4.78 is 0.737. The van der Waals surface area contributed by atoms with Crippen molar-refractivity contribution in [1.82, 2.24) is 10.2 Å². The summed E-state index contributed by atoms with van der Waals surface area (Å²) in [7, 11) is 0. The van der Waals surface area contributed by atoms with Crippen molar-refractivity contribution in [2.24, 2.45) is 0 Å². The molecule has 0 fully saturated rings. The number of hydrogen-bond acceptors (Lipinski definition) is 2. The van der Waals surface area contributed by atoms with Crippen molar-refractivity contribution in [3.05, 3.63) is 56.6 Å². The molecule has 0 aliphatic rings. The zero-order chi connectivity index (χ0) is 15.0. The van der Waals surface area contributed by atoms with Gasteiger partial charge in [-0.3, -0.25) is 9.89 Å². The first kappa shape index (κ1) is 14.4. The minimum absolute atomic E-state index is 0.292. The number of aromatic amines is 1. The predicted octanol–water partition coefficient (Wildman–Crippen LogP) is 4.88. The molecule has 4 nitrogen and oxygen atoms in total. The number of anilines is 1. The molecule has 2 N–H and O–H groups in total. The van der Waals surface area contributed by atoms with Crippen LogP contribution in [-0.4, -0.2) is 16.1 Å². The third-order valence-corrected chi connectivity index (χ3v) is 3.98. The van der Waals surface area contributed by atoms with Crippen LogP contribution in [-0.2, 0) is 0 Å². The smallest absolute Gasteiger partial charge is 0.276 e. The first-order valence-corrected chi connectivity index (χ1v) is 7.50. The van der Waals surface area contributed by atoms with Crippen molar-refractivity contribution >= 4 is 61.6 Å². The number of H-pyrrole nitrogens is 1. The number of aromatic nitrogens is 2. The zero-order valence-electron chi connectivity index (χ0n) is 10.5. The van der Waals surface area contributed by atoms with Crippen molar-refractivity contribution < 1.29 is 4.79 Å². The number of para-hydroxylation sites is 1. The molecule has 3 rings (SSSR count). The van der Waals surface area contributed by atoms with Gasteiger partial charge in [0.05, 0.1) is 21.2 Å². The van der Waals surface area contributed by atoms with Crippen LogP contribution in [0.3, 0.4) is 0 Å². The van der Waals surface area contributed by atoms with Crippen LogP contribution in [0.15, 0.2) is 40.9 Å². The lowest BCUT2D eigenvalue weighted by molar-refractivity contribution is 0.102. The second kappa shape index (κ2) is 5.67. The molecule has 106 valence electrons. The van der Waals surface area contributed by atoms with Gasteiger partial charge in [-0.25, -0.2) is 0 Å². The van der Waals surface area contributed by atoms with Crippen LogP contribution in [0.1, 0.15) is 10.5 Å². The molecule has 0 spiro atoms. The molecule has 1 aromatic heterocycles. The highest BCUT2D eigenvalue weighted by atomic mass is 79.9. The van der Waals surface area contributed by atoms with Crippen molar-refractivity contribution in [1.29, 1.82) is 0 Å². The van der Waals surface area contributed by atoms with E-state index in [0.717, 1.165) is 15.4 Å². The van der Waals surface area contributed by atoms with E-state index >= 15 is 0 Å². The normalized spacial score (nSPS) is 10.8. The van der Waals surface area contributed by atoms with Crippen LogP contribution in [0.25, 0.3) is 10.9 Å². The first-order chi connectivity index (χ1) is 10.1. The molecular formula is C14H8BrCl2N3O. The van der Waals surface area contributed by atoms with E-state index in [2.05, 4.69) is 31.4 Å². The topological polar surface area (TPSA) is 57.8 Å². The largest absolute Gasteiger partial charge is 0.318 e. The van der Waals surface area contributed by atoms with Crippen LogP contribution >= 0.6 is 39.1 Å². The minimum atomic E-state index is -0.376. The number of rotatable bonds is 2. The summed E-state index contributed by atoms with van der Waals surface area (Å²) in [6, 6.07) is 10.7. The fourth-order valence-electron chi connectivity index (χ4n) is 1.97. The summed E-state index contributed by atoms with van der Waals surface area (Å²) in [5.41, 5.74) is 1.44. The molecule has 0 saturated carbocycles. The van der Waals surface area contributed by atoms with Crippen LogP contribution in [0.4, 0.5) is 5.69 Å². The second-order valence-electron chi connectivity index (χ2n) is 4.32. The molecule has 0 atom stereocenters. The Hall–Kier alpha value is -1.56. The Morgan fingerprint density at radius 1 is 1.19 bits per heavy atom. The minimum Gasteiger partial charge on any atom is -0.318 e. The van der Waals surface area contributed by atoms with Gasteiger partial charge in [-0.05, 0) is 18.2 Å². The van der Waals surface area contributed by atoms with Crippen LogP contribution in [0.2, 0.25) is 10.0 Å². The Balaban J connectivity index is 1.97. The fourth-order valence-corrected chi connectivity index (χ4v) is 3.27. The van der Waals surface area contributed by atoms with Crippen molar-refractivity contribution in [3.63, 3.8) is 0 Å². The molecule has 3 aromatic rings. The third-order valence-electron chi connectivity index (χ3n) is 2.93. The van der Waals surface area contributed by atoms with Gasteiger partial charge in [-0.15, -0.1) is 0 Å². The predicted molar refractivity (Wildman–Crippen MR) is 88.2 cm³/mol. The number of carbonyl (C=O) groups is 1.